The van der Waals surface area contributed by atoms with Crippen LogP contribution in [0.3, 0.4) is 0 Å². The lowest BCUT2D eigenvalue weighted by atomic mass is 10.3. The van der Waals surface area contributed by atoms with Crippen LogP contribution < -0.4 is 5.32 Å². The molecule has 0 spiro atoms. The fourth-order valence-corrected chi connectivity index (χ4v) is 1.26. The van der Waals surface area contributed by atoms with Gasteiger partial charge in [0.05, 0.1) is 6.61 Å². The van der Waals surface area contributed by atoms with Gasteiger partial charge in [-0.05, 0) is 14.0 Å². The molecule has 0 saturated carbocycles. The maximum atomic E-state index is 11.1. The standard InChI is InChI=1S/C9H16N2O2/c1-3-13-9(12)6-8-7-11(2)5-4-10-8/h6,10H,3-5,7H2,1-2H3/b8-6-. The van der Waals surface area contributed by atoms with E-state index in [4.69, 9.17) is 4.74 Å². The van der Waals surface area contributed by atoms with Crippen molar-refractivity contribution in [3.8, 4) is 0 Å². The smallest absolute Gasteiger partial charge is 0.332 e. The Morgan fingerprint density at radius 1 is 1.77 bits per heavy atom. The third kappa shape index (κ3) is 3.46. The number of carbonyl (C=O) groups is 1. The predicted octanol–water partition coefficient (Wildman–Crippen LogP) is -0.0316. The number of carbonyl (C=O) groups excluding carboxylic acids is 1. The molecule has 1 aliphatic heterocycles. The van der Waals surface area contributed by atoms with Crippen molar-refractivity contribution in [1.82, 2.24) is 10.2 Å². The van der Waals surface area contributed by atoms with E-state index >= 15 is 0 Å². The number of likely N-dealkylation sites (N-methyl/N-ethyl adjacent to an activating group) is 1. The van der Waals surface area contributed by atoms with Gasteiger partial charge in [0, 0.05) is 31.4 Å². The number of hydrogen-bond acceptors (Lipinski definition) is 4. The molecule has 74 valence electrons. The first-order valence-corrected chi connectivity index (χ1v) is 4.52. The first-order valence-electron chi connectivity index (χ1n) is 4.52. The van der Waals surface area contributed by atoms with Gasteiger partial charge in [-0.2, -0.15) is 0 Å². The summed E-state index contributed by atoms with van der Waals surface area (Å²) in [5.41, 5.74) is 0.937. The van der Waals surface area contributed by atoms with Gasteiger partial charge in [-0.15, -0.1) is 0 Å². The van der Waals surface area contributed by atoms with E-state index in [2.05, 4.69) is 10.2 Å². The van der Waals surface area contributed by atoms with Crippen molar-refractivity contribution in [1.29, 1.82) is 0 Å². The van der Waals surface area contributed by atoms with Crippen LogP contribution in [0.5, 0.6) is 0 Å². The van der Waals surface area contributed by atoms with Crippen molar-refractivity contribution in [2.24, 2.45) is 0 Å². The average molecular weight is 184 g/mol. The minimum Gasteiger partial charge on any atom is -0.463 e. The molecule has 0 bridgehead atoms. The van der Waals surface area contributed by atoms with Crippen LogP contribution in [0.2, 0.25) is 0 Å². The van der Waals surface area contributed by atoms with E-state index in [9.17, 15) is 4.79 Å². The van der Waals surface area contributed by atoms with Crippen LogP contribution in [0.1, 0.15) is 6.92 Å². The zero-order valence-electron chi connectivity index (χ0n) is 8.17. The first kappa shape index (κ1) is 10.1. The first-order chi connectivity index (χ1) is 6.22. The third-order valence-electron chi connectivity index (χ3n) is 1.86. The van der Waals surface area contributed by atoms with Crippen molar-refractivity contribution < 1.29 is 9.53 Å². The lowest BCUT2D eigenvalue weighted by molar-refractivity contribution is -0.137. The summed E-state index contributed by atoms with van der Waals surface area (Å²) in [6.45, 7) is 4.93. The molecule has 4 nitrogen and oxygen atoms in total. The Morgan fingerprint density at radius 3 is 3.15 bits per heavy atom. The number of hydrogen-bond donors (Lipinski definition) is 1. The van der Waals surface area contributed by atoms with Gasteiger partial charge >= 0.3 is 5.97 Å². The fourth-order valence-electron chi connectivity index (χ4n) is 1.26. The SMILES string of the molecule is CCOC(=O)/C=C1/CN(C)CCN1. The molecule has 13 heavy (non-hydrogen) atoms. The summed E-state index contributed by atoms with van der Waals surface area (Å²) in [5.74, 6) is -0.264. The fraction of sp³-hybridized carbons (Fsp3) is 0.667. The second kappa shape index (κ2) is 4.87. The van der Waals surface area contributed by atoms with Gasteiger partial charge in [-0.1, -0.05) is 0 Å². The molecule has 1 aliphatic rings. The molecule has 1 rings (SSSR count). The summed E-state index contributed by atoms with van der Waals surface area (Å²) in [7, 11) is 2.03. The Balaban J connectivity index is 2.44. The molecule has 0 unspecified atom stereocenters. The van der Waals surface area contributed by atoms with E-state index in [1.54, 1.807) is 6.92 Å². The quantitative estimate of drug-likeness (QED) is 0.483. The van der Waals surface area contributed by atoms with Crippen LogP contribution in [-0.2, 0) is 9.53 Å². The minimum atomic E-state index is -0.264. The van der Waals surface area contributed by atoms with Crippen LogP contribution >= 0.6 is 0 Å². The maximum Gasteiger partial charge on any atom is 0.332 e. The second-order valence-corrected chi connectivity index (χ2v) is 3.09. The lowest BCUT2D eigenvalue weighted by Crippen LogP contribution is -2.39. The highest BCUT2D eigenvalue weighted by molar-refractivity contribution is 5.82. The van der Waals surface area contributed by atoms with Gasteiger partial charge in [0.25, 0.3) is 0 Å². The highest BCUT2D eigenvalue weighted by Crippen LogP contribution is 1.99. The molecule has 0 aromatic heterocycles. The van der Waals surface area contributed by atoms with Gasteiger partial charge in [0.15, 0.2) is 0 Å². The number of nitrogens with zero attached hydrogens (tertiary/aromatic N) is 1. The van der Waals surface area contributed by atoms with Crippen molar-refractivity contribution >= 4 is 5.97 Å². The van der Waals surface area contributed by atoms with Crippen LogP contribution in [-0.4, -0.2) is 44.2 Å². The third-order valence-corrected chi connectivity index (χ3v) is 1.86. The van der Waals surface area contributed by atoms with Gasteiger partial charge in [-0.25, -0.2) is 4.79 Å². The Bertz CT molecular complexity index is 214. The van der Waals surface area contributed by atoms with E-state index in [1.807, 2.05) is 7.05 Å². The summed E-state index contributed by atoms with van der Waals surface area (Å²) < 4.78 is 4.81. The maximum absolute atomic E-state index is 11.1. The Kier molecular flexibility index (Phi) is 3.76. The zero-order valence-corrected chi connectivity index (χ0v) is 8.17. The molecule has 0 aromatic carbocycles. The summed E-state index contributed by atoms with van der Waals surface area (Å²) >= 11 is 0. The Morgan fingerprint density at radius 2 is 2.54 bits per heavy atom. The summed E-state index contributed by atoms with van der Waals surface area (Å²) in [6.07, 6.45) is 1.53. The molecule has 1 N–H and O–H groups in total. The molecule has 0 aliphatic carbocycles. The van der Waals surface area contributed by atoms with Crippen molar-refractivity contribution in [3.63, 3.8) is 0 Å². The summed E-state index contributed by atoms with van der Waals surface area (Å²) in [4.78, 5) is 13.2. The molecular weight excluding hydrogens is 168 g/mol. The predicted molar refractivity (Wildman–Crippen MR) is 50.2 cm³/mol. The van der Waals surface area contributed by atoms with Gasteiger partial charge in [-0.3, -0.25) is 4.90 Å². The van der Waals surface area contributed by atoms with E-state index in [1.165, 1.54) is 6.08 Å². The largest absolute Gasteiger partial charge is 0.463 e. The zero-order chi connectivity index (χ0) is 9.68. The number of piperazine rings is 1. The van der Waals surface area contributed by atoms with Crippen molar-refractivity contribution in [3.05, 3.63) is 11.8 Å². The number of rotatable bonds is 2. The molecule has 4 heteroatoms. The van der Waals surface area contributed by atoms with Gasteiger partial charge in [0.2, 0.25) is 0 Å². The second-order valence-electron chi connectivity index (χ2n) is 3.09. The van der Waals surface area contributed by atoms with Crippen molar-refractivity contribution in [2.45, 2.75) is 6.92 Å². The number of ether oxygens (including phenoxy) is 1. The number of esters is 1. The van der Waals surface area contributed by atoms with E-state index in [0.29, 0.717) is 6.61 Å². The molecule has 1 fully saturated rings. The Hall–Kier alpha value is -1.03. The molecule has 1 saturated heterocycles. The highest BCUT2D eigenvalue weighted by Gasteiger charge is 2.10. The lowest BCUT2D eigenvalue weighted by Gasteiger charge is -2.25. The summed E-state index contributed by atoms with van der Waals surface area (Å²) in [5, 5.41) is 3.16. The minimum absolute atomic E-state index is 0.264. The molecule has 0 atom stereocenters. The molecule has 0 aromatic rings. The van der Waals surface area contributed by atoms with E-state index in [0.717, 1.165) is 25.3 Å². The van der Waals surface area contributed by atoms with Crippen molar-refractivity contribution in [2.75, 3.05) is 33.3 Å². The molecule has 0 amide bonds. The van der Waals surface area contributed by atoms with E-state index in [-0.39, 0.29) is 5.97 Å². The molecule has 1 heterocycles. The van der Waals surface area contributed by atoms with Crippen LogP contribution in [0.4, 0.5) is 0 Å². The van der Waals surface area contributed by atoms with Crippen LogP contribution in [0.25, 0.3) is 0 Å². The highest BCUT2D eigenvalue weighted by atomic mass is 16.5. The molecular formula is C9H16N2O2. The van der Waals surface area contributed by atoms with Gasteiger partial charge < -0.3 is 10.1 Å². The van der Waals surface area contributed by atoms with Gasteiger partial charge in [0.1, 0.15) is 0 Å². The van der Waals surface area contributed by atoms with Crippen LogP contribution in [0.15, 0.2) is 11.8 Å². The molecule has 0 radical (unpaired) electrons. The topological polar surface area (TPSA) is 41.6 Å². The monoisotopic (exact) mass is 184 g/mol. The number of nitrogens with one attached hydrogen (secondary N) is 1. The Labute approximate surface area is 78.5 Å². The van der Waals surface area contributed by atoms with Crippen LogP contribution in [0, 0.1) is 0 Å². The summed E-state index contributed by atoms with van der Waals surface area (Å²) in [6, 6.07) is 0. The normalized spacial score (nSPS) is 21.2. The average Bonchev–Trinajstić information content (AvgIpc) is 2.04. The van der Waals surface area contributed by atoms with E-state index < -0.39 is 0 Å².